The maximum atomic E-state index is 13.6. The highest BCUT2D eigenvalue weighted by Gasteiger charge is 2.49. The highest BCUT2D eigenvalue weighted by molar-refractivity contribution is 5.28. The number of aryl methyl sites for hydroxylation is 1. The van der Waals surface area contributed by atoms with Crippen LogP contribution in [-0.2, 0) is 4.74 Å². The fraction of sp³-hybridized carbons (Fsp3) is 0.667. The summed E-state index contributed by atoms with van der Waals surface area (Å²) in [4.78, 5) is 0. The molecule has 1 aromatic rings. The van der Waals surface area contributed by atoms with Crippen LogP contribution in [0.25, 0.3) is 0 Å². The van der Waals surface area contributed by atoms with Gasteiger partial charge in [-0.15, -0.1) is 0 Å². The lowest BCUT2D eigenvalue weighted by Crippen LogP contribution is -2.38. The Kier molecular flexibility index (Phi) is 4.46. The van der Waals surface area contributed by atoms with E-state index in [9.17, 15) is 4.39 Å². The van der Waals surface area contributed by atoms with Crippen molar-refractivity contribution in [1.29, 1.82) is 0 Å². The minimum Gasteiger partial charge on any atom is -0.369 e. The van der Waals surface area contributed by atoms with Gasteiger partial charge in [0.05, 0.1) is 11.2 Å². The minimum atomic E-state index is -0.196. The SMILES string of the molecule is CCNC(c1ccc(F)c(C)c1)C1CC(C)(C)OC1(C)C. The Hall–Kier alpha value is -0.930. The van der Waals surface area contributed by atoms with Crippen LogP contribution in [0.2, 0.25) is 0 Å². The standard InChI is InChI=1S/C18H28FNO/c1-7-20-16(13-8-9-15(19)12(2)10-13)14-11-17(3,4)21-18(14,5)6/h8-10,14,16,20H,7,11H2,1-6H3. The van der Waals surface area contributed by atoms with Crippen LogP contribution < -0.4 is 5.32 Å². The molecule has 2 rings (SSSR count). The summed E-state index contributed by atoms with van der Waals surface area (Å²) in [6.45, 7) is 13.4. The van der Waals surface area contributed by atoms with Crippen LogP contribution in [0.1, 0.15) is 58.2 Å². The molecule has 0 bridgehead atoms. The molecule has 1 N–H and O–H groups in total. The predicted molar refractivity (Wildman–Crippen MR) is 84.9 cm³/mol. The highest BCUT2D eigenvalue weighted by Crippen LogP contribution is 2.47. The molecule has 1 heterocycles. The third-order valence-corrected chi connectivity index (χ3v) is 4.51. The van der Waals surface area contributed by atoms with E-state index >= 15 is 0 Å². The van der Waals surface area contributed by atoms with Crippen LogP contribution in [0.3, 0.4) is 0 Å². The molecule has 118 valence electrons. The molecule has 0 saturated carbocycles. The molecular formula is C18H28FNO. The van der Waals surface area contributed by atoms with Crippen LogP contribution in [0.4, 0.5) is 4.39 Å². The van der Waals surface area contributed by atoms with E-state index in [2.05, 4.69) is 39.9 Å². The average Bonchev–Trinajstić information content (AvgIpc) is 2.58. The fourth-order valence-corrected chi connectivity index (χ4v) is 3.70. The Morgan fingerprint density at radius 3 is 2.48 bits per heavy atom. The Balaban J connectivity index is 2.36. The summed E-state index contributed by atoms with van der Waals surface area (Å²) in [5.41, 5.74) is 1.54. The lowest BCUT2D eigenvalue weighted by Gasteiger charge is -2.34. The van der Waals surface area contributed by atoms with Gasteiger partial charge in [-0.2, -0.15) is 0 Å². The fourth-order valence-electron chi connectivity index (χ4n) is 3.70. The first-order valence-electron chi connectivity index (χ1n) is 7.86. The number of rotatable bonds is 4. The maximum absolute atomic E-state index is 13.6. The summed E-state index contributed by atoms with van der Waals surface area (Å²) >= 11 is 0. The van der Waals surface area contributed by atoms with E-state index in [1.807, 2.05) is 19.1 Å². The molecule has 3 heteroatoms. The monoisotopic (exact) mass is 293 g/mol. The molecule has 1 aromatic carbocycles. The molecule has 2 atom stereocenters. The van der Waals surface area contributed by atoms with Crippen molar-refractivity contribution in [2.75, 3.05) is 6.54 Å². The van der Waals surface area contributed by atoms with E-state index in [0.29, 0.717) is 11.5 Å². The zero-order valence-corrected chi connectivity index (χ0v) is 14.1. The van der Waals surface area contributed by atoms with Gasteiger partial charge in [0.25, 0.3) is 0 Å². The highest BCUT2D eigenvalue weighted by atomic mass is 19.1. The zero-order chi connectivity index (χ0) is 15.8. The van der Waals surface area contributed by atoms with Crippen LogP contribution in [0.5, 0.6) is 0 Å². The molecular weight excluding hydrogens is 265 g/mol. The van der Waals surface area contributed by atoms with Crippen LogP contribution in [-0.4, -0.2) is 17.7 Å². The number of halogens is 1. The molecule has 0 aromatic heterocycles. The largest absolute Gasteiger partial charge is 0.369 e. The van der Waals surface area contributed by atoms with Gasteiger partial charge in [-0.1, -0.05) is 19.1 Å². The second-order valence-corrected chi connectivity index (χ2v) is 7.32. The second-order valence-electron chi connectivity index (χ2n) is 7.32. The molecule has 21 heavy (non-hydrogen) atoms. The topological polar surface area (TPSA) is 21.3 Å². The average molecular weight is 293 g/mol. The summed E-state index contributed by atoms with van der Waals surface area (Å²) in [7, 11) is 0. The lowest BCUT2D eigenvalue weighted by molar-refractivity contribution is -0.0778. The number of hydrogen-bond donors (Lipinski definition) is 1. The van der Waals surface area contributed by atoms with Gasteiger partial charge in [-0.05, 0) is 64.8 Å². The van der Waals surface area contributed by atoms with Crippen molar-refractivity contribution in [3.8, 4) is 0 Å². The van der Waals surface area contributed by atoms with Gasteiger partial charge in [-0.3, -0.25) is 0 Å². The van der Waals surface area contributed by atoms with Crippen molar-refractivity contribution in [3.05, 3.63) is 35.1 Å². The molecule has 1 fully saturated rings. The van der Waals surface area contributed by atoms with Crippen molar-refractivity contribution in [1.82, 2.24) is 5.32 Å². The van der Waals surface area contributed by atoms with Crippen molar-refractivity contribution >= 4 is 0 Å². The predicted octanol–water partition coefficient (Wildman–Crippen LogP) is 4.38. The van der Waals surface area contributed by atoms with E-state index in [-0.39, 0.29) is 23.1 Å². The van der Waals surface area contributed by atoms with Crippen LogP contribution >= 0.6 is 0 Å². The molecule has 2 unspecified atom stereocenters. The molecule has 1 saturated heterocycles. The van der Waals surface area contributed by atoms with E-state index in [1.165, 1.54) is 0 Å². The summed E-state index contributed by atoms with van der Waals surface area (Å²) in [6, 6.07) is 5.62. The van der Waals surface area contributed by atoms with E-state index in [4.69, 9.17) is 4.74 Å². The summed E-state index contributed by atoms with van der Waals surface area (Å²) in [5, 5.41) is 3.58. The number of benzene rings is 1. The normalized spacial score (nSPS) is 25.0. The summed E-state index contributed by atoms with van der Waals surface area (Å²) < 4.78 is 19.8. The number of nitrogens with one attached hydrogen (secondary N) is 1. The number of ether oxygens (including phenoxy) is 1. The molecule has 1 aliphatic heterocycles. The van der Waals surface area contributed by atoms with E-state index in [0.717, 1.165) is 18.5 Å². The molecule has 2 nitrogen and oxygen atoms in total. The smallest absolute Gasteiger partial charge is 0.126 e. The number of hydrogen-bond acceptors (Lipinski definition) is 2. The van der Waals surface area contributed by atoms with Crippen molar-refractivity contribution in [2.24, 2.45) is 5.92 Å². The first-order chi connectivity index (χ1) is 9.66. The van der Waals surface area contributed by atoms with Crippen LogP contribution in [0, 0.1) is 18.7 Å². The first kappa shape index (κ1) is 16.4. The minimum absolute atomic E-state index is 0.114. The Bertz CT molecular complexity index is 510. The Morgan fingerprint density at radius 2 is 2.00 bits per heavy atom. The third kappa shape index (κ3) is 3.46. The maximum Gasteiger partial charge on any atom is 0.126 e. The van der Waals surface area contributed by atoms with E-state index in [1.54, 1.807) is 6.07 Å². The summed E-state index contributed by atoms with van der Waals surface area (Å²) in [5.74, 6) is 0.216. The van der Waals surface area contributed by atoms with Crippen molar-refractivity contribution in [2.45, 2.75) is 65.2 Å². The van der Waals surface area contributed by atoms with Gasteiger partial charge in [0.15, 0.2) is 0 Å². The van der Waals surface area contributed by atoms with Gasteiger partial charge in [0.1, 0.15) is 5.82 Å². The molecule has 0 radical (unpaired) electrons. The van der Waals surface area contributed by atoms with Crippen molar-refractivity contribution < 1.29 is 9.13 Å². The molecule has 0 amide bonds. The van der Waals surface area contributed by atoms with Gasteiger partial charge in [0, 0.05) is 12.0 Å². The van der Waals surface area contributed by atoms with E-state index < -0.39 is 0 Å². The molecule has 1 aliphatic rings. The molecule has 0 spiro atoms. The van der Waals surface area contributed by atoms with Crippen LogP contribution in [0.15, 0.2) is 18.2 Å². The molecule has 0 aliphatic carbocycles. The van der Waals surface area contributed by atoms with Gasteiger partial charge in [0.2, 0.25) is 0 Å². The van der Waals surface area contributed by atoms with Crippen molar-refractivity contribution in [3.63, 3.8) is 0 Å². The van der Waals surface area contributed by atoms with Gasteiger partial charge >= 0.3 is 0 Å². The Morgan fingerprint density at radius 1 is 1.33 bits per heavy atom. The summed E-state index contributed by atoms with van der Waals surface area (Å²) in [6.07, 6.45) is 0.994. The zero-order valence-electron chi connectivity index (χ0n) is 14.1. The quantitative estimate of drug-likeness (QED) is 0.889. The Labute approximate surface area is 128 Å². The second kappa shape index (κ2) is 5.69. The van der Waals surface area contributed by atoms with Gasteiger partial charge < -0.3 is 10.1 Å². The first-order valence-corrected chi connectivity index (χ1v) is 7.86. The third-order valence-electron chi connectivity index (χ3n) is 4.51. The lowest BCUT2D eigenvalue weighted by atomic mass is 9.78. The van der Waals surface area contributed by atoms with Gasteiger partial charge in [-0.25, -0.2) is 4.39 Å².